The van der Waals surface area contributed by atoms with Crippen LogP contribution in [0.15, 0.2) is 0 Å². The first-order valence-electron chi connectivity index (χ1n) is 7.57. The third kappa shape index (κ3) is 2.95. The van der Waals surface area contributed by atoms with Crippen LogP contribution in [0, 0.1) is 0 Å². The molecule has 0 spiro atoms. The van der Waals surface area contributed by atoms with Gasteiger partial charge in [0.15, 0.2) is 0 Å². The van der Waals surface area contributed by atoms with Crippen molar-refractivity contribution in [3.05, 3.63) is 0 Å². The van der Waals surface area contributed by atoms with Gasteiger partial charge in [-0.05, 0) is 46.6 Å². The van der Waals surface area contributed by atoms with Crippen molar-refractivity contribution in [2.45, 2.75) is 58.1 Å². The first kappa shape index (κ1) is 14.8. The topological polar surface area (TPSA) is 32.8 Å². The average molecular weight is 268 g/mol. The Balaban J connectivity index is 2.04. The normalized spacial score (nSPS) is 32.3. The van der Waals surface area contributed by atoms with Crippen LogP contribution in [0.5, 0.6) is 0 Å². The van der Waals surface area contributed by atoms with Gasteiger partial charge in [-0.3, -0.25) is 9.69 Å². The third-order valence-corrected chi connectivity index (χ3v) is 4.66. The van der Waals surface area contributed by atoms with Gasteiger partial charge in [0.2, 0.25) is 0 Å². The van der Waals surface area contributed by atoms with Crippen molar-refractivity contribution in [1.82, 2.24) is 9.80 Å². The molecule has 110 valence electrons. The van der Waals surface area contributed by atoms with Crippen LogP contribution < -0.4 is 0 Å². The first-order valence-corrected chi connectivity index (χ1v) is 7.57. The zero-order chi connectivity index (χ0) is 14.1. The van der Waals surface area contributed by atoms with Crippen LogP contribution in [0.25, 0.3) is 0 Å². The molecule has 1 atom stereocenters. The second kappa shape index (κ2) is 5.41. The molecule has 2 saturated heterocycles. The smallest absolute Gasteiger partial charge is 0.254 e. The lowest BCUT2D eigenvalue weighted by molar-refractivity contribution is -0.166. The average Bonchev–Trinajstić information content (AvgIpc) is 2.37. The summed E-state index contributed by atoms with van der Waals surface area (Å²) >= 11 is 0. The summed E-state index contributed by atoms with van der Waals surface area (Å²) in [5.74, 6) is 0.191. The predicted molar refractivity (Wildman–Crippen MR) is 76.1 cm³/mol. The summed E-state index contributed by atoms with van der Waals surface area (Å²) in [5, 5.41) is 0. The molecule has 2 aliphatic heterocycles. The molecule has 19 heavy (non-hydrogen) atoms. The standard InChI is InChI=1S/C15H28N2O2/c1-5-17-10-9-16(12-14(17,2)3)13(18)15(4)8-6-7-11-19-15/h5-12H2,1-4H3/t15-/m0/s1. The Morgan fingerprint density at radius 2 is 1.95 bits per heavy atom. The van der Waals surface area contributed by atoms with Gasteiger partial charge in [-0.2, -0.15) is 0 Å². The fourth-order valence-corrected chi connectivity index (χ4v) is 3.39. The summed E-state index contributed by atoms with van der Waals surface area (Å²) in [6.45, 7) is 13.0. The zero-order valence-corrected chi connectivity index (χ0v) is 12.9. The van der Waals surface area contributed by atoms with Gasteiger partial charge in [0.05, 0.1) is 0 Å². The van der Waals surface area contributed by atoms with E-state index in [1.807, 2.05) is 11.8 Å². The second-order valence-electron chi connectivity index (χ2n) is 6.66. The van der Waals surface area contributed by atoms with Crippen LogP contribution in [-0.4, -0.2) is 59.6 Å². The van der Waals surface area contributed by atoms with E-state index in [2.05, 4.69) is 25.7 Å². The maximum absolute atomic E-state index is 12.7. The molecule has 0 saturated carbocycles. The molecule has 0 radical (unpaired) electrons. The molecule has 0 aliphatic carbocycles. The van der Waals surface area contributed by atoms with Gasteiger partial charge in [-0.15, -0.1) is 0 Å². The maximum atomic E-state index is 12.7. The Labute approximate surface area is 117 Å². The lowest BCUT2D eigenvalue weighted by atomic mass is 9.92. The quantitative estimate of drug-likeness (QED) is 0.766. The van der Waals surface area contributed by atoms with Crippen molar-refractivity contribution in [1.29, 1.82) is 0 Å². The highest BCUT2D eigenvalue weighted by molar-refractivity contribution is 5.85. The van der Waals surface area contributed by atoms with Crippen LogP contribution >= 0.6 is 0 Å². The van der Waals surface area contributed by atoms with Crippen LogP contribution in [0.2, 0.25) is 0 Å². The lowest BCUT2D eigenvalue weighted by Gasteiger charge is -2.49. The van der Waals surface area contributed by atoms with Gasteiger partial charge in [0.1, 0.15) is 5.60 Å². The van der Waals surface area contributed by atoms with Crippen molar-refractivity contribution in [2.24, 2.45) is 0 Å². The van der Waals surface area contributed by atoms with E-state index in [1.54, 1.807) is 0 Å². The third-order valence-electron chi connectivity index (χ3n) is 4.66. The maximum Gasteiger partial charge on any atom is 0.254 e. The number of nitrogens with zero attached hydrogens (tertiary/aromatic N) is 2. The molecule has 2 aliphatic rings. The molecule has 0 bridgehead atoms. The van der Waals surface area contributed by atoms with Crippen molar-refractivity contribution in [3.63, 3.8) is 0 Å². The predicted octanol–water partition coefficient (Wildman–Crippen LogP) is 1.89. The summed E-state index contributed by atoms with van der Waals surface area (Å²) in [6, 6.07) is 0. The highest BCUT2D eigenvalue weighted by Gasteiger charge is 2.43. The van der Waals surface area contributed by atoms with Crippen LogP contribution in [0.4, 0.5) is 0 Å². The van der Waals surface area contributed by atoms with Gasteiger partial charge >= 0.3 is 0 Å². The van der Waals surface area contributed by atoms with E-state index in [1.165, 1.54) is 0 Å². The number of hydrogen-bond acceptors (Lipinski definition) is 3. The molecular weight excluding hydrogens is 240 g/mol. The number of rotatable bonds is 2. The molecule has 0 N–H and O–H groups in total. The number of ether oxygens (including phenoxy) is 1. The van der Waals surface area contributed by atoms with Gasteiger partial charge < -0.3 is 9.64 Å². The van der Waals surface area contributed by atoms with Gasteiger partial charge in [-0.1, -0.05) is 6.92 Å². The Hall–Kier alpha value is -0.610. The highest BCUT2D eigenvalue weighted by atomic mass is 16.5. The summed E-state index contributed by atoms with van der Waals surface area (Å²) in [5.41, 5.74) is -0.517. The zero-order valence-electron chi connectivity index (χ0n) is 12.9. The molecule has 2 rings (SSSR count). The number of likely N-dealkylation sites (N-methyl/N-ethyl adjacent to an activating group) is 1. The van der Waals surface area contributed by atoms with E-state index in [4.69, 9.17) is 4.74 Å². The van der Waals surface area contributed by atoms with E-state index in [9.17, 15) is 4.79 Å². The first-order chi connectivity index (χ1) is 8.89. The fourth-order valence-electron chi connectivity index (χ4n) is 3.39. The molecule has 1 amide bonds. The summed E-state index contributed by atoms with van der Waals surface area (Å²) in [7, 11) is 0. The lowest BCUT2D eigenvalue weighted by Crippen LogP contribution is -2.63. The van der Waals surface area contributed by atoms with Crippen molar-refractivity contribution in [2.75, 3.05) is 32.8 Å². The minimum Gasteiger partial charge on any atom is -0.365 e. The van der Waals surface area contributed by atoms with E-state index in [0.29, 0.717) is 0 Å². The summed E-state index contributed by atoms with van der Waals surface area (Å²) < 4.78 is 5.80. The monoisotopic (exact) mass is 268 g/mol. The van der Waals surface area contributed by atoms with Crippen molar-refractivity contribution < 1.29 is 9.53 Å². The van der Waals surface area contributed by atoms with Crippen LogP contribution in [-0.2, 0) is 9.53 Å². The second-order valence-corrected chi connectivity index (χ2v) is 6.66. The minimum absolute atomic E-state index is 0.0632. The van der Waals surface area contributed by atoms with Crippen molar-refractivity contribution in [3.8, 4) is 0 Å². The van der Waals surface area contributed by atoms with Gasteiger partial charge in [-0.25, -0.2) is 0 Å². The number of carbonyl (C=O) groups excluding carboxylic acids is 1. The largest absolute Gasteiger partial charge is 0.365 e. The molecule has 4 nitrogen and oxygen atoms in total. The van der Waals surface area contributed by atoms with E-state index >= 15 is 0 Å². The van der Waals surface area contributed by atoms with Crippen LogP contribution in [0.1, 0.15) is 47.0 Å². The van der Waals surface area contributed by atoms with Gasteiger partial charge in [0, 0.05) is 31.8 Å². The Bertz CT molecular complexity index is 335. The summed E-state index contributed by atoms with van der Waals surface area (Å²) in [6.07, 6.45) is 3.04. The molecule has 2 heterocycles. The Morgan fingerprint density at radius 3 is 2.47 bits per heavy atom. The highest BCUT2D eigenvalue weighted by Crippen LogP contribution is 2.29. The summed E-state index contributed by atoms with van der Waals surface area (Å²) in [4.78, 5) is 17.2. The Kier molecular flexibility index (Phi) is 4.21. The molecular formula is C15H28N2O2. The van der Waals surface area contributed by atoms with E-state index in [-0.39, 0.29) is 11.4 Å². The van der Waals surface area contributed by atoms with E-state index < -0.39 is 5.60 Å². The van der Waals surface area contributed by atoms with Crippen molar-refractivity contribution >= 4 is 5.91 Å². The molecule has 0 aromatic heterocycles. The molecule has 0 aromatic carbocycles. The Morgan fingerprint density at radius 1 is 1.21 bits per heavy atom. The fraction of sp³-hybridized carbons (Fsp3) is 0.933. The number of piperazine rings is 1. The minimum atomic E-state index is -0.581. The van der Waals surface area contributed by atoms with Gasteiger partial charge in [0.25, 0.3) is 5.91 Å². The number of amides is 1. The molecule has 4 heteroatoms. The van der Waals surface area contributed by atoms with Crippen LogP contribution in [0.3, 0.4) is 0 Å². The molecule has 0 unspecified atom stereocenters. The number of carbonyl (C=O) groups is 1. The number of hydrogen-bond donors (Lipinski definition) is 0. The molecule has 2 fully saturated rings. The SMILES string of the molecule is CCN1CCN(C(=O)[C@]2(C)CCCCO2)CC1(C)C. The van der Waals surface area contributed by atoms with E-state index in [0.717, 1.165) is 52.0 Å². The molecule has 0 aromatic rings.